The molecule has 0 bridgehead atoms. The fraction of sp³-hybridized carbons (Fsp3) is 0.348. The van der Waals surface area contributed by atoms with E-state index < -0.39 is 29.8 Å². The molecular weight excluding hydrogens is 727 g/mol. The van der Waals surface area contributed by atoms with E-state index in [1.807, 2.05) is 140 Å². The van der Waals surface area contributed by atoms with Crippen LogP contribution in [0.1, 0.15) is 27.8 Å². The predicted molar refractivity (Wildman–Crippen MR) is 214 cm³/mol. The van der Waals surface area contributed by atoms with Crippen LogP contribution in [0, 0.1) is 0 Å². The van der Waals surface area contributed by atoms with E-state index in [1.54, 1.807) is 14.2 Å². The van der Waals surface area contributed by atoms with E-state index in [4.69, 9.17) is 42.6 Å². The van der Waals surface area contributed by atoms with E-state index in [1.165, 1.54) is 7.11 Å². The Balaban J connectivity index is 1.41. The van der Waals surface area contributed by atoms with Gasteiger partial charge in [-0.1, -0.05) is 115 Å². The quantitative estimate of drug-likeness (QED) is 0.0723. The third-order valence-corrected chi connectivity index (χ3v) is 9.71. The summed E-state index contributed by atoms with van der Waals surface area (Å²) >= 11 is 0. The molecule has 4 unspecified atom stereocenters. The molecule has 0 aromatic heterocycles. The maximum atomic E-state index is 12.8. The van der Waals surface area contributed by atoms with Gasteiger partial charge >= 0.3 is 0 Å². The Morgan fingerprint density at radius 3 is 1.33 bits per heavy atom. The first kappa shape index (κ1) is 42.0. The van der Waals surface area contributed by atoms with Crippen LogP contribution in [0.4, 0.5) is 0 Å². The molecule has 0 amide bonds. The maximum absolute atomic E-state index is 12.8. The summed E-state index contributed by atoms with van der Waals surface area (Å²) in [6.07, 6.45) is -2.97. The largest absolute Gasteiger partial charge is 0.497 e. The van der Waals surface area contributed by atoms with Crippen LogP contribution in [0.2, 0.25) is 0 Å². The van der Waals surface area contributed by atoms with Gasteiger partial charge < -0.3 is 47.7 Å². The number of aliphatic hydroxyl groups is 1. The molecular formula is C46H53NO10. The molecule has 302 valence electrons. The normalized spacial score (nSPS) is 20.2. The van der Waals surface area contributed by atoms with Gasteiger partial charge in [0, 0.05) is 7.11 Å². The van der Waals surface area contributed by atoms with E-state index >= 15 is 0 Å². The molecule has 1 aliphatic rings. The van der Waals surface area contributed by atoms with Crippen molar-refractivity contribution in [2.24, 2.45) is 0 Å². The van der Waals surface area contributed by atoms with Crippen LogP contribution in [-0.4, -0.2) is 76.2 Å². The summed E-state index contributed by atoms with van der Waals surface area (Å²) < 4.78 is 56.6. The first-order valence-corrected chi connectivity index (χ1v) is 19.0. The van der Waals surface area contributed by atoms with Crippen LogP contribution in [0.25, 0.3) is 0 Å². The van der Waals surface area contributed by atoms with Gasteiger partial charge in [-0.2, -0.15) is 0 Å². The first-order valence-electron chi connectivity index (χ1n) is 19.0. The second-order valence-corrected chi connectivity index (χ2v) is 13.9. The van der Waals surface area contributed by atoms with Gasteiger partial charge in [-0.05, 0) is 52.1 Å². The molecule has 57 heavy (non-hydrogen) atoms. The Morgan fingerprint density at radius 1 is 0.509 bits per heavy atom. The van der Waals surface area contributed by atoms with Crippen molar-refractivity contribution in [3.8, 4) is 11.5 Å². The minimum atomic E-state index is -2.17. The molecule has 0 spiro atoms. The molecule has 5 aromatic carbocycles. The van der Waals surface area contributed by atoms with Crippen LogP contribution < -0.4 is 14.8 Å². The minimum Gasteiger partial charge on any atom is -0.497 e. The van der Waals surface area contributed by atoms with Crippen LogP contribution in [0.3, 0.4) is 0 Å². The van der Waals surface area contributed by atoms with Crippen LogP contribution >= 0.6 is 0 Å². The summed E-state index contributed by atoms with van der Waals surface area (Å²) in [6.45, 7) is 0.809. The van der Waals surface area contributed by atoms with Gasteiger partial charge in [0.15, 0.2) is 6.10 Å². The minimum absolute atomic E-state index is 0.0608. The van der Waals surface area contributed by atoms with Crippen LogP contribution in [-0.2, 0) is 66.2 Å². The predicted octanol–water partition coefficient (Wildman–Crippen LogP) is 6.80. The molecule has 0 radical (unpaired) electrons. The van der Waals surface area contributed by atoms with Crippen molar-refractivity contribution in [1.29, 1.82) is 0 Å². The third kappa shape index (κ3) is 11.7. The van der Waals surface area contributed by atoms with Crippen molar-refractivity contribution in [2.45, 2.75) is 62.9 Å². The Morgan fingerprint density at radius 2 is 0.912 bits per heavy atom. The number of hydrogen-bond donors (Lipinski definition) is 2. The summed E-state index contributed by atoms with van der Waals surface area (Å²) in [5.74, 6) is -0.700. The van der Waals surface area contributed by atoms with Crippen molar-refractivity contribution >= 4 is 0 Å². The molecule has 0 saturated carbocycles. The van der Waals surface area contributed by atoms with E-state index in [9.17, 15) is 5.11 Å². The average molecular weight is 780 g/mol. The standard InChI is InChI=1S/C46H53NO10/c1-49-34-47-46(48)44(56-31-37-17-11-6-12-18-37)42(54-29-35-13-7-4-8-14-35)43(55-30-36-15-9-5-10-16-36)45(57-46,32-52-27-38-19-23-40(50-2)24-20-38)33-53-28-39-21-25-41(51-3)26-22-39/h4-26,42-44,47-48H,27-34H2,1-3H3. The number of nitrogens with one attached hydrogen (secondary N) is 1. The molecule has 1 heterocycles. The second kappa shape index (κ2) is 21.2. The van der Waals surface area contributed by atoms with E-state index in [0.29, 0.717) is 0 Å². The Bertz CT molecular complexity index is 1810. The lowest BCUT2D eigenvalue weighted by Crippen LogP contribution is -2.77. The molecule has 0 aliphatic carbocycles. The van der Waals surface area contributed by atoms with E-state index in [0.717, 1.165) is 39.3 Å². The number of ether oxygens (including phenoxy) is 9. The van der Waals surface area contributed by atoms with Crippen molar-refractivity contribution in [2.75, 3.05) is 41.3 Å². The van der Waals surface area contributed by atoms with Crippen molar-refractivity contribution in [3.05, 3.63) is 167 Å². The second-order valence-electron chi connectivity index (χ2n) is 13.9. The molecule has 11 heteroatoms. The number of rotatable bonds is 22. The summed E-state index contributed by atoms with van der Waals surface area (Å²) in [7, 11) is 4.78. The zero-order valence-corrected chi connectivity index (χ0v) is 32.8. The lowest BCUT2D eigenvalue weighted by Gasteiger charge is -2.55. The average Bonchev–Trinajstić information content (AvgIpc) is 3.26. The van der Waals surface area contributed by atoms with Crippen molar-refractivity contribution in [3.63, 3.8) is 0 Å². The molecule has 6 rings (SSSR count). The fourth-order valence-corrected chi connectivity index (χ4v) is 6.73. The van der Waals surface area contributed by atoms with Gasteiger partial charge in [-0.25, -0.2) is 5.32 Å². The SMILES string of the molecule is COCNC1(O)OC(COCc2ccc(OC)cc2)(COCc2ccc(OC)cc2)C(OCc2ccccc2)C(OCc2ccccc2)C1OCc1ccccc1. The lowest BCUT2D eigenvalue weighted by molar-refractivity contribution is -0.418. The molecule has 11 nitrogen and oxygen atoms in total. The number of benzene rings is 5. The summed E-state index contributed by atoms with van der Waals surface area (Å²) in [5, 5.41) is 15.8. The van der Waals surface area contributed by atoms with E-state index in [2.05, 4.69) is 5.32 Å². The van der Waals surface area contributed by atoms with Crippen molar-refractivity contribution in [1.82, 2.24) is 5.32 Å². The van der Waals surface area contributed by atoms with Crippen LogP contribution in [0.5, 0.6) is 11.5 Å². The Labute approximate surface area is 335 Å². The summed E-state index contributed by atoms with van der Waals surface area (Å²) in [5.41, 5.74) is 3.12. The highest BCUT2D eigenvalue weighted by molar-refractivity contribution is 5.28. The highest BCUT2D eigenvalue weighted by Gasteiger charge is 2.63. The number of hydrogen-bond acceptors (Lipinski definition) is 11. The van der Waals surface area contributed by atoms with Gasteiger partial charge in [0.2, 0.25) is 0 Å². The third-order valence-electron chi connectivity index (χ3n) is 9.71. The maximum Gasteiger partial charge on any atom is 0.257 e. The topological polar surface area (TPSA) is 115 Å². The number of methoxy groups -OCH3 is 3. The molecule has 1 fully saturated rings. The van der Waals surface area contributed by atoms with Gasteiger partial charge in [-0.15, -0.1) is 0 Å². The van der Waals surface area contributed by atoms with Gasteiger partial charge in [-0.3, -0.25) is 0 Å². The highest BCUT2D eigenvalue weighted by atomic mass is 16.7. The molecule has 1 saturated heterocycles. The lowest BCUT2D eigenvalue weighted by atomic mass is 9.85. The zero-order chi connectivity index (χ0) is 39.8. The smallest absolute Gasteiger partial charge is 0.257 e. The molecule has 1 aliphatic heterocycles. The van der Waals surface area contributed by atoms with Gasteiger partial charge in [0.05, 0.1) is 60.5 Å². The Kier molecular flexibility index (Phi) is 15.6. The molecule has 5 aromatic rings. The molecule has 4 atom stereocenters. The fourth-order valence-electron chi connectivity index (χ4n) is 6.73. The van der Waals surface area contributed by atoms with E-state index in [-0.39, 0.29) is 53.0 Å². The summed E-state index contributed by atoms with van der Waals surface area (Å²) in [6, 6.07) is 44.7. The Hall–Kier alpha value is -4.66. The first-order chi connectivity index (χ1) is 27.9. The zero-order valence-electron chi connectivity index (χ0n) is 32.8. The summed E-state index contributed by atoms with van der Waals surface area (Å²) in [4.78, 5) is 0. The molecule has 2 N–H and O–H groups in total. The van der Waals surface area contributed by atoms with Crippen molar-refractivity contribution < 1.29 is 47.7 Å². The monoisotopic (exact) mass is 779 g/mol. The van der Waals surface area contributed by atoms with Gasteiger partial charge in [0.25, 0.3) is 5.91 Å². The highest BCUT2D eigenvalue weighted by Crippen LogP contribution is 2.41. The van der Waals surface area contributed by atoms with Crippen LogP contribution in [0.15, 0.2) is 140 Å². The van der Waals surface area contributed by atoms with Gasteiger partial charge in [0.1, 0.15) is 36.0 Å².